The predicted molar refractivity (Wildman–Crippen MR) is 106 cm³/mol. The lowest BCUT2D eigenvalue weighted by molar-refractivity contribution is -0.113. The van der Waals surface area contributed by atoms with E-state index in [9.17, 15) is 9.18 Å². The Labute approximate surface area is 154 Å². The second-order valence-corrected chi connectivity index (χ2v) is 7.77. The van der Waals surface area contributed by atoms with Gasteiger partial charge in [-0.25, -0.2) is 4.39 Å². The minimum Gasteiger partial charge on any atom is -0.325 e. The number of carbonyl (C=O) groups is 1. The van der Waals surface area contributed by atoms with Gasteiger partial charge in [0.2, 0.25) is 5.91 Å². The largest absolute Gasteiger partial charge is 0.325 e. The molecular weight excluding hydrogens is 333 g/mol. The highest BCUT2D eigenvalue weighted by Gasteiger charge is 2.15. The van der Waals surface area contributed by atoms with Crippen molar-refractivity contribution >= 4 is 23.4 Å². The SMILES string of the molecule is CC(C)c1cccc(C(C)C)c1NC(=O)CSCc1ccc(F)cc1. The van der Waals surface area contributed by atoms with Gasteiger partial charge in [-0.3, -0.25) is 4.79 Å². The van der Waals surface area contributed by atoms with Crippen LogP contribution in [0.5, 0.6) is 0 Å². The molecule has 2 rings (SSSR count). The van der Waals surface area contributed by atoms with Gasteiger partial charge in [0.15, 0.2) is 0 Å². The Morgan fingerprint density at radius 3 is 2.08 bits per heavy atom. The van der Waals surface area contributed by atoms with Crippen molar-refractivity contribution in [2.75, 3.05) is 11.1 Å². The molecule has 0 aliphatic rings. The number of halogens is 1. The van der Waals surface area contributed by atoms with E-state index in [2.05, 4.69) is 51.2 Å². The first-order valence-corrected chi connectivity index (χ1v) is 9.78. The topological polar surface area (TPSA) is 29.1 Å². The monoisotopic (exact) mass is 359 g/mol. The number of benzene rings is 2. The van der Waals surface area contributed by atoms with Gasteiger partial charge in [-0.05, 0) is 40.7 Å². The summed E-state index contributed by atoms with van der Waals surface area (Å²) in [7, 11) is 0. The van der Waals surface area contributed by atoms with Crippen LogP contribution in [0.3, 0.4) is 0 Å². The number of thioether (sulfide) groups is 1. The molecule has 0 unspecified atom stereocenters. The summed E-state index contributed by atoms with van der Waals surface area (Å²) in [6.45, 7) is 8.55. The highest BCUT2D eigenvalue weighted by molar-refractivity contribution is 7.99. The quantitative estimate of drug-likeness (QED) is 0.662. The van der Waals surface area contributed by atoms with E-state index >= 15 is 0 Å². The van der Waals surface area contributed by atoms with E-state index in [-0.39, 0.29) is 11.7 Å². The van der Waals surface area contributed by atoms with Gasteiger partial charge >= 0.3 is 0 Å². The molecule has 4 heteroatoms. The summed E-state index contributed by atoms with van der Waals surface area (Å²) in [5.74, 6) is 1.53. The standard InChI is InChI=1S/C21H26FNOS/c1-14(2)18-6-5-7-19(15(3)4)21(18)23-20(24)13-25-12-16-8-10-17(22)11-9-16/h5-11,14-15H,12-13H2,1-4H3,(H,23,24). The third-order valence-electron chi connectivity index (χ3n) is 4.05. The highest BCUT2D eigenvalue weighted by Crippen LogP contribution is 2.32. The molecule has 1 amide bonds. The maximum atomic E-state index is 12.9. The smallest absolute Gasteiger partial charge is 0.234 e. The van der Waals surface area contributed by atoms with Crippen LogP contribution in [0.2, 0.25) is 0 Å². The summed E-state index contributed by atoms with van der Waals surface area (Å²) in [6.07, 6.45) is 0. The maximum Gasteiger partial charge on any atom is 0.234 e. The van der Waals surface area contributed by atoms with Crippen molar-refractivity contribution < 1.29 is 9.18 Å². The zero-order valence-corrected chi connectivity index (χ0v) is 16.1. The molecule has 0 bridgehead atoms. The Balaban J connectivity index is 2.01. The molecule has 134 valence electrons. The summed E-state index contributed by atoms with van der Waals surface area (Å²) < 4.78 is 12.9. The zero-order valence-electron chi connectivity index (χ0n) is 15.3. The van der Waals surface area contributed by atoms with E-state index in [1.807, 2.05) is 0 Å². The lowest BCUT2D eigenvalue weighted by Crippen LogP contribution is -2.17. The summed E-state index contributed by atoms with van der Waals surface area (Å²) >= 11 is 1.53. The van der Waals surface area contributed by atoms with Crippen molar-refractivity contribution in [3.8, 4) is 0 Å². The molecule has 0 fully saturated rings. The van der Waals surface area contributed by atoms with Gasteiger partial charge < -0.3 is 5.32 Å². The van der Waals surface area contributed by atoms with Gasteiger partial charge in [0.1, 0.15) is 5.82 Å². The van der Waals surface area contributed by atoms with E-state index in [0.717, 1.165) is 11.3 Å². The summed E-state index contributed by atoms with van der Waals surface area (Å²) in [6, 6.07) is 12.6. The number of carbonyl (C=O) groups excluding carboxylic acids is 1. The lowest BCUT2D eigenvalue weighted by atomic mass is 9.92. The molecule has 0 saturated carbocycles. The van der Waals surface area contributed by atoms with Crippen molar-refractivity contribution in [2.45, 2.75) is 45.3 Å². The summed E-state index contributed by atoms with van der Waals surface area (Å²) in [5, 5.41) is 3.12. The number of hydrogen-bond acceptors (Lipinski definition) is 2. The van der Waals surface area contributed by atoms with Crippen LogP contribution in [0.4, 0.5) is 10.1 Å². The van der Waals surface area contributed by atoms with Crippen molar-refractivity contribution in [3.05, 3.63) is 65.0 Å². The number of amides is 1. The fourth-order valence-corrected chi connectivity index (χ4v) is 3.50. The van der Waals surface area contributed by atoms with Gasteiger partial charge in [-0.2, -0.15) is 0 Å². The Kier molecular flexibility index (Phi) is 7.06. The van der Waals surface area contributed by atoms with Crippen molar-refractivity contribution in [2.24, 2.45) is 0 Å². The van der Waals surface area contributed by atoms with Crippen LogP contribution >= 0.6 is 11.8 Å². The Morgan fingerprint density at radius 2 is 1.56 bits per heavy atom. The van der Waals surface area contributed by atoms with Crippen LogP contribution in [-0.4, -0.2) is 11.7 Å². The van der Waals surface area contributed by atoms with Crippen molar-refractivity contribution in [1.82, 2.24) is 0 Å². The van der Waals surface area contributed by atoms with Crippen molar-refractivity contribution in [1.29, 1.82) is 0 Å². The van der Waals surface area contributed by atoms with Crippen LogP contribution in [0.15, 0.2) is 42.5 Å². The molecule has 2 nitrogen and oxygen atoms in total. The number of anilines is 1. The fraction of sp³-hybridized carbons (Fsp3) is 0.381. The predicted octanol–water partition coefficient (Wildman–Crippen LogP) is 5.94. The third kappa shape index (κ3) is 5.60. The van der Waals surface area contributed by atoms with Gasteiger partial charge in [-0.1, -0.05) is 58.0 Å². The van der Waals surface area contributed by atoms with Crippen molar-refractivity contribution in [3.63, 3.8) is 0 Å². The van der Waals surface area contributed by atoms with Crippen LogP contribution < -0.4 is 5.32 Å². The Bertz CT molecular complexity index is 684. The molecule has 2 aromatic rings. The van der Waals surface area contributed by atoms with Crippen LogP contribution in [0.25, 0.3) is 0 Å². The van der Waals surface area contributed by atoms with Gasteiger partial charge in [0.25, 0.3) is 0 Å². The molecular formula is C21H26FNOS. The second-order valence-electron chi connectivity index (χ2n) is 6.79. The fourth-order valence-electron chi connectivity index (χ4n) is 2.71. The molecule has 0 spiro atoms. The summed E-state index contributed by atoms with van der Waals surface area (Å²) in [5.41, 5.74) is 4.32. The van der Waals surface area contributed by atoms with E-state index in [0.29, 0.717) is 23.3 Å². The first-order chi connectivity index (χ1) is 11.9. The molecule has 0 atom stereocenters. The summed E-state index contributed by atoms with van der Waals surface area (Å²) in [4.78, 5) is 12.4. The minimum atomic E-state index is -0.238. The van der Waals surface area contributed by atoms with E-state index in [1.165, 1.54) is 35.0 Å². The molecule has 1 N–H and O–H groups in total. The van der Waals surface area contributed by atoms with Gasteiger partial charge in [-0.15, -0.1) is 11.8 Å². The third-order valence-corrected chi connectivity index (χ3v) is 5.06. The van der Waals surface area contributed by atoms with Crippen LogP contribution in [0, 0.1) is 5.82 Å². The molecule has 2 aromatic carbocycles. The van der Waals surface area contributed by atoms with E-state index in [1.54, 1.807) is 12.1 Å². The number of hydrogen-bond donors (Lipinski definition) is 1. The van der Waals surface area contributed by atoms with E-state index < -0.39 is 0 Å². The second kappa shape index (κ2) is 9.04. The Morgan fingerprint density at radius 1 is 1.00 bits per heavy atom. The maximum absolute atomic E-state index is 12.9. The molecule has 0 radical (unpaired) electrons. The van der Waals surface area contributed by atoms with Crippen LogP contribution in [0.1, 0.15) is 56.2 Å². The Hall–Kier alpha value is -1.81. The molecule has 0 aliphatic heterocycles. The lowest BCUT2D eigenvalue weighted by Gasteiger charge is -2.20. The van der Waals surface area contributed by atoms with E-state index in [4.69, 9.17) is 0 Å². The zero-order chi connectivity index (χ0) is 18.4. The molecule has 25 heavy (non-hydrogen) atoms. The van der Waals surface area contributed by atoms with Gasteiger partial charge in [0.05, 0.1) is 5.75 Å². The first-order valence-electron chi connectivity index (χ1n) is 8.63. The number of para-hydroxylation sites is 1. The first kappa shape index (κ1) is 19.5. The highest BCUT2D eigenvalue weighted by atomic mass is 32.2. The van der Waals surface area contributed by atoms with Crippen LogP contribution in [-0.2, 0) is 10.5 Å². The molecule has 0 aromatic heterocycles. The number of rotatable bonds is 7. The minimum absolute atomic E-state index is 0.00196. The van der Waals surface area contributed by atoms with Gasteiger partial charge in [0, 0.05) is 11.4 Å². The number of nitrogens with one attached hydrogen (secondary N) is 1. The molecule has 0 saturated heterocycles. The average molecular weight is 360 g/mol. The molecule has 0 heterocycles. The molecule has 0 aliphatic carbocycles. The average Bonchev–Trinajstić information content (AvgIpc) is 2.56. The normalized spacial score (nSPS) is 11.2.